The summed E-state index contributed by atoms with van der Waals surface area (Å²) in [5, 5.41) is 0. The molecule has 0 spiro atoms. The van der Waals surface area contributed by atoms with Crippen LogP contribution in [0.4, 0.5) is 13.2 Å². The number of halogens is 3. The van der Waals surface area contributed by atoms with E-state index in [0.29, 0.717) is 12.2 Å². The van der Waals surface area contributed by atoms with E-state index < -0.39 is 28.1 Å². The summed E-state index contributed by atoms with van der Waals surface area (Å²) in [6.07, 6.45) is -4.48. The summed E-state index contributed by atoms with van der Waals surface area (Å²) in [6, 6.07) is 13.0. The minimum Gasteiger partial charge on any atom is -0.491 e. The lowest BCUT2D eigenvalue weighted by Crippen LogP contribution is -2.26. The maximum atomic E-state index is 12.6. The van der Waals surface area contributed by atoms with Crippen LogP contribution in [0.25, 0.3) is 0 Å². The Balaban J connectivity index is 1.99. The molecule has 0 bridgehead atoms. The minimum atomic E-state index is -4.47. The lowest BCUT2D eigenvalue weighted by Gasteiger charge is -2.21. The average molecular weight is 418 g/mol. The number of hydrogen-bond donors (Lipinski definition) is 0. The van der Waals surface area contributed by atoms with Gasteiger partial charge in [-0.2, -0.15) is 21.6 Å². The Morgan fingerprint density at radius 3 is 2.00 bits per heavy atom. The summed E-state index contributed by atoms with van der Waals surface area (Å²) in [4.78, 5) is 0. The van der Waals surface area contributed by atoms with Gasteiger partial charge in [0, 0.05) is 6.42 Å². The van der Waals surface area contributed by atoms with Gasteiger partial charge in [-0.15, -0.1) is 0 Å². The molecule has 2 atom stereocenters. The molecule has 0 aliphatic rings. The maximum absolute atomic E-state index is 12.6. The highest BCUT2D eigenvalue weighted by molar-refractivity contribution is 7.86. The third-order valence-electron chi connectivity index (χ3n) is 3.62. The Morgan fingerprint density at radius 2 is 1.46 bits per heavy atom. The zero-order valence-electron chi connectivity index (χ0n) is 15.3. The molecule has 2 unspecified atom stereocenters. The molecule has 154 valence electrons. The van der Waals surface area contributed by atoms with E-state index >= 15 is 0 Å². The summed E-state index contributed by atoms with van der Waals surface area (Å²) < 4.78 is 76.9. The molecule has 0 aliphatic carbocycles. The lowest BCUT2D eigenvalue weighted by molar-refractivity contribution is -0.137. The summed E-state index contributed by atoms with van der Waals surface area (Å²) in [6.45, 7) is 1.81. The highest BCUT2D eigenvalue weighted by Crippen LogP contribution is 2.30. The van der Waals surface area contributed by atoms with E-state index in [2.05, 4.69) is 0 Å². The van der Waals surface area contributed by atoms with Gasteiger partial charge in [-0.1, -0.05) is 18.2 Å². The molecule has 2 rings (SSSR count). The van der Waals surface area contributed by atoms with Crippen LogP contribution < -0.4 is 9.47 Å². The van der Waals surface area contributed by atoms with Crippen LogP contribution in [0, 0.1) is 0 Å². The number of ether oxygens (including phenoxy) is 2. The molecule has 0 saturated heterocycles. The molecule has 5 nitrogen and oxygen atoms in total. The second-order valence-electron chi connectivity index (χ2n) is 6.19. The van der Waals surface area contributed by atoms with Crippen LogP contribution in [0.2, 0.25) is 0 Å². The van der Waals surface area contributed by atoms with Gasteiger partial charge >= 0.3 is 6.18 Å². The van der Waals surface area contributed by atoms with Crippen LogP contribution in [0.5, 0.6) is 11.5 Å². The quantitative estimate of drug-likeness (QED) is 0.439. The van der Waals surface area contributed by atoms with Crippen molar-refractivity contribution in [2.45, 2.75) is 38.3 Å². The van der Waals surface area contributed by atoms with Gasteiger partial charge in [0.15, 0.2) is 0 Å². The number of para-hydroxylation sites is 1. The number of alkyl halides is 3. The van der Waals surface area contributed by atoms with E-state index in [1.165, 1.54) is 0 Å². The molecule has 2 aromatic carbocycles. The molecule has 0 aliphatic heterocycles. The zero-order valence-corrected chi connectivity index (χ0v) is 16.2. The molecule has 0 saturated carbocycles. The van der Waals surface area contributed by atoms with E-state index in [9.17, 15) is 21.6 Å². The van der Waals surface area contributed by atoms with Crippen molar-refractivity contribution in [3.05, 3.63) is 60.2 Å². The molecule has 0 amide bonds. The average Bonchev–Trinajstić information content (AvgIpc) is 2.59. The molecule has 9 heteroatoms. The van der Waals surface area contributed by atoms with Gasteiger partial charge in [0.25, 0.3) is 10.1 Å². The van der Waals surface area contributed by atoms with E-state index in [0.717, 1.165) is 30.5 Å². The first kappa shape index (κ1) is 22.0. The van der Waals surface area contributed by atoms with Crippen molar-refractivity contribution in [2.75, 3.05) is 6.26 Å². The van der Waals surface area contributed by atoms with Gasteiger partial charge < -0.3 is 9.47 Å². The third-order valence-corrected chi connectivity index (χ3v) is 4.18. The van der Waals surface area contributed by atoms with E-state index in [1.807, 2.05) is 25.1 Å². The zero-order chi connectivity index (χ0) is 20.8. The summed E-state index contributed by atoms with van der Waals surface area (Å²) in [7, 11) is -3.83. The minimum absolute atomic E-state index is 0.0679. The largest absolute Gasteiger partial charge is 0.491 e. The Kier molecular flexibility index (Phi) is 7.31. The van der Waals surface area contributed by atoms with Crippen LogP contribution in [0.1, 0.15) is 25.3 Å². The normalized spacial score (nSPS) is 14.3. The fourth-order valence-electron chi connectivity index (χ4n) is 2.36. The van der Waals surface area contributed by atoms with Crippen molar-refractivity contribution in [3.63, 3.8) is 0 Å². The van der Waals surface area contributed by atoms with Crippen molar-refractivity contribution in [2.24, 2.45) is 0 Å². The van der Waals surface area contributed by atoms with Gasteiger partial charge in [0.1, 0.15) is 11.5 Å². The molecule has 0 fully saturated rings. The predicted octanol–water partition coefficient (Wildman–Crippen LogP) is 4.63. The Bertz CT molecular complexity index is 836. The lowest BCUT2D eigenvalue weighted by atomic mass is 10.2. The molecule has 0 radical (unpaired) electrons. The van der Waals surface area contributed by atoms with Crippen LogP contribution in [0.15, 0.2) is 54.6 Å². The standard InChI is InChI=1S/C19H21F3O5S/c1-14(25-16-6-4-3-5-7-16)8-13-18(27-28(2,23)24)26-17-11-9-15(10-12-17)19(20,21)22/h3-7,9-12,14,18H,8,13H2,1-2H3. The first-order chi connectivity index (χ1) is 13.0. The van der Waals surface area contributed by atoms with E-state index in [4.69, 9.17) is 13.7 Å². The predicted molar refractivity (Wildman–Crippen MR) is 97.6 cm³/mol. The topological polar surface area (TPSA) is 61.8 Å². The van der Waals surface area contributed by atoms with Crippen molar-refractivity contribution < 1.29 is 35.2 Å². The second-order valence-corrected chi connectivity index (χ2v) is 7.79. The van der Waals surface area contributed by atoms with Crippen molar-refractivity contribution in [3.8, 4) is 11.5 Å². The molecule has 0 aromatic heterocycles. The van der Waals surface area contributed by atoms with Gasteiger partial charge in [0.05, 0.1) is 17.9 Å². The van der Waals surface area contributed by atoms with Crippen molar-refractivity contribution >= 4 is 10.1 Å². The number of hydrogen-bond acceptors (Lipinski definition) is 5. The van der Waals surface area contributed by atoms with Crippen molar-refractivity contribution in [1.82, 2.24) is 0 Å². The summed E-state index contributed by atoms with van der Waals surface area (Å²) >= 11 is 0. The molecule has 28 heavy (non-hydrogen) atoms. The first-order valence-corrected chi connectivity index (χ1v) is 10.3. The van der Waals surface area contributed by atoms with Crippen LogP contribution in [-0.2, 0) is 20.5 Å². The molecular weight excluding hydrogens is 397 g/mol. The van der Waals surface area contributed by atoms with E-state index in [1.54, 1.807) is 12.1 Å². The monoisotopic (exact) mass is 418 g/mol. The van der Waals surface area contributed by atoms with Gasteiger partial charge in [0.2, 0.25) is 6.29 Å². The fourth-order valence-corrected chi connectivity index (χ4v) is 2.88. The summed E-state index contributed by atoms with van der Waals surface area (Å²) in [5.74, 6) is 0.734. The Labute approximate surface area is 162 Å². The molecule has 0 heterocycles. The molecule has 2 aromatic rings. The smallest absolute Gasteiger partial charge is 0.416 e. The third kappa shape index (κ3) is 7.77. The molecule has 0 N–H and O–H groups in total. The number of rotatable bonds is 9. The van der Waals surface area contributed by atoms with Crippen LogP contribution >= 0.6 is 0 Å². The van der Waals surface area contributed by atoms with Crippen molar-refractivity contribution in [1.29, 1.82) is 0 Å². The second kappa shape index (κ2) is 9.29. The summed E-state index contributed by atoms with van der Waals surface area (Å²) in [5.41, 5.74) is -0.828. The molecular formula is C19H21F3O5S. The van der Waals surface area contributed by atoms with E-state index in [-0.39, 0.29) is 18.3 Å². The maximum Gasteiger partial charge on any atom is 0.416 e. The first-order valence-electron chi connectivity index (χ1n) is 8.47. The van der Waals surface area contributed by atoms with Gasteiger partial charge in [-0.25, -0.2) is 4.18 Å². The Morgan fingerprint density at radius 1 is 0.893 bits per heavy atom. The van der Waals surface area contributed by atoms with Gasteiger partial charge in [-0.05, 0) is 49.7 Å². The highest BCUT2D eigenvalue weighted by atomic mass is 32.2. The van der Waals surface area contributed by atoms with Gasteiger partial charge in [-0.3, -0.25) is 0 Å². The van der Waals surface area contributed by atoms with Crippen LogP contribution in [-0.4, -0.2) is 27.1 Å². The van der Waals surface area contributed by atoms with Crippen LogP contribution in [0.3, 0.4) is 0 Å². The highest BCUT2D eigenvalue weighted by Gasteiger charge is 2.30. The SMILES string of the molecule is CC(CCC(Oc1ccc(C(F)(F)F)cc1)OS(C)(=O)=O)Oc1ccccc1. The number of benzene rings is 2. The Hall–Kier alpha value is -2.26. The fraction of sp³-hybridized carbons (Fsp3) is 0.368.